The van der Waals surface area contributed by atoms with Crippen LogP contribution in [0.4, 0.5) is 0 Å². The molecule has 0 aliphatic carbocycles. The van der Waals surface area contributed by atoms with E-state index in [4.69, 9.17) is 21.1 Å². The highest BCUT2D eigenvalue weighted by Gasteiger charge is 2.16. The summed E-state index contributed by atoms with van der Waals surface area (Å²) in [5.74, 6) is 0.428. The molecule has 1 aromatic rings. The number of nitrogens with zero attached hydrogens (tertiary/aromatic N) is 3. The molecule has 0 radical (unpaired) electrons. The van der Waals surface area contributed by atoms with Gasteiger partial charge in [0.1, 0.15) is 12.3 Å². The highest BCUT2D eigenvalue weighted by molar-refractivity contribution is 6.28. The van der Waals surface area contributed by atoms with Gasteiger partial charge in [0.2, 0.25) is 11.2 Å². The molecule has 1 aliphatic rings. The minimum atomic E-state index is 0.106. The monoisotopic (exact) mass is 215 g/mol. The molecule has 0 amide bonds. The van der Waals surface area contributed by atoms with Gasteiger partial charge in [-0.25, -0.2) is 0 Å². The molecule has 0 spiro atoms. The highest BCUT2D eigenvalue weighted by Crippen LogP contribution is 2.15. The lowest BCUT2D eigenvalue weighted by Crippen LogP contribution is -2.26. The Morgan fingerprint density at radius 2 is 2.21 bits per heavy atom. The molecule has 2 rings (SSSR count). The van der Waals surface area contributed by atoms with Crippen LogP contribution in [0.5, 0.6) is 5.88 Å². The molecule has 76 valence electrons. The second-order valence-corrected chi connectivity index (χ2v) is 3.33. The highest BCUT2D eigenvalue weighted by atomic mass is 35.5. The fourth-order valence-electron chi connectivity index (χ4n) is 1.29. The molecule has 0 N–H and O–H groups in total. The third-order valence-electron chi connectivity index (χ3n) is 1.97. The van der Waals surface area contributed by atoms with Gasteiger partial charge in [-0.05, 0) is 11.6 Å². The maximum Gasteiger partial charge on any atom is 0.246 e. The fourth-order valence-corrected chi connectivity index (χ4v) is 1.42. The van der Waals surface area contributed by atoms with Gasteiger partial charge in [-0.2, -0.15) is 10.1 Å². The van der Waals surface area contributed by atoms with Crippen molar-refractivity contribution in [2.75, 3.05) is 13.2 Å². The molecule has 0 unspecified atom stereocenters. The quantitative estimate of drug-likeness (QED) is 0.739. The lowest BCUT2D eigenvalue weighted by atomic mass is 10.2. The molecule has 5 nitrogen and oxygen atoms in total. The van der Waals surface area contributed by atoms with Crippen molar-refractivity contribution in [2.45, 2.75) is 18.9 Å². The van der Waals surface area contributed by atoms with Crippen molar-refractivity contribution < 1.29 is 9.47 Å². The lowest BCUT2D eigenvalue weighted by Gasteiger charge is -2.22. The van der Waals surface area contributed by atoms with Gasteiger partial charge in [0.15, 0.2) is 0 Å². The van der Waals surface area contributed by atoms with E-state index in [-0.39, 0.29) is 11.4 Å². The first-order valence-electron chi connectivity index (χ1n) is 4.44. The van der Waals surface area contributed by atoms with Gasteiger partial charge in [-0.3, -0.25) is 0 Å². The number of hydrogen-bond donors (Lipinski definition) is 0. The minimum absolute atomic E-state index is 0.106. The molecule has 2 heterocycles. The SMILES string of the molecule is Clc1nncc(OC2CCOCC2)n1. The average Bonchev–Trinajstić information content (AvgIpc) is 2.19. The van der Waals surface area contributed by atoms with E-state index >= 15 is 0 Å². The Bertz CT molecular complexity index is 304. The second-order valence-electron chi connectivity index (χ2n) is 2.99. The van der Waals surface area contributed by atoms with Gasteiger partial charge in [0, 0.05) is 12.8 Å². The zero-order valence-electron chi connectivity index (χ0n) is 7.52. The van der Waals surface area contributed by atoms with Crippen LogP contribution < -0.4 is 4.74 Å². The maximum absolute atomic E-state index is 5.57. The molecule has 0 atom stereocenters. The van der Waals surface area contributed by atoms with Crippen LogP contribution >= 0.6 is 11.6 Å². The van der Waals surface area contributed by atoms with Crippen molar-refractivity contribution in [3.63, 3.8) is 0 Å². The van der Waals surface area contributed by atoms with E-state index in [2.05, 4.69) is 15.2 Å². The van der Waals surface area contributed by atoms with E-state index in [0.717, 1.165) is 26.1 Å². The Balaban J connectivity index is 1.95. The lowest BCUT2D eigenvalue weighted by molar-refractivity contribution is 0.0235. The zero-order valence-corrected chi connectivity index (χ0v) is 8.28. The first-order valence-corrected chi connectivity index (χ1v) is 4.82. The Kier molecular flexibility index (Phi) is 3.10. The number of ether oxygens (including phenoxy) is 2. The van der Waals surface area contributed by atoms with E-state index in [1.165, 1.54) is 6.20 Å². The van der Waals surface area contributed by atoms with Gasteiger partial charge in [0.25, 0.3) is 0 Å². The third-order valence-corrected chi connectivity index (χ3v) is 2.13. The summed E-state index contributed by atoms with van der Waals surface area (Å²) in [6.45, 7) is 1.47. The number of hydrogen-bond acceptors (Lipinski definition) is 5. The molecule has 0 bridgehead atoms. The van der Waals surface area contributed by atoms with Gasteiger partial charge >= 0.3 is 0 Å². The first-order chi connectivity index (χ1) is 6.84. The zero-order chi connectivity index (χ0) is 9.80. The van der Waals surface area contributed by atoms with Gasteiger partial charge in [0.05, 0.1) is 13.2 Å². The largest absolute Gasteiger partial charge is 0.473 e. The smallest absolute Gasteiger partial charge is 0.246 e. The Labute approximate surface area is 86.4 Å². The summed E-state index contributed by atoms with van der Waals surface area (Å²) < 4.78 is 10.8. The third kappa shape index (κ3) is 2.52. The fraction of sp³-hybridized carbons (Fsp3) is 0.625. The number of halogens is 1. The van der Waals surface area contributed by atoms with Crippen molar-refractivity contribution in [3.8, 4) is 5.88 Å². The van der Waals surface area contributed by atoms with Crippen molar-refractivity contribution >= 4 is 11.6 Å². The maximum atomic E-state index is 5.57. The van der Waals surface area contributed by atoms with Gasteiger partial charge in [-0.15, -0.1) is 5.10 Å². The van der Waals surface area contributed by atoms with Crippen molar-refractivity contribution in [1.82, 2.24) is 15.2 Å². The summed E-state index contributed by atoms with van der Waals surface area (Å²) >= 11 is 5.57. The van der Waals surface area contributed by atoms with Crippen LogP contribution in [0.2, 0.25) is 5.28 Å². The molecule has 1 aliphatic heterocycles. The minimum Gasteiger partial charge on any atom is -0.473 e. The second kappa shape index (κ2) is 4.52. The molecule has 14 heavy (non-hydrogen) atoms. The normalized spacial score (nSPS) is 18.1. The molecular formula is C8H10ClN3O2. The van der Waals surface area contributed by atoms with Gasteiger partial charge in [-0.1, -0.05) is 0 Å². The van der Waals surface area contributed by atoms with Crippen LogP contribution in [0.15, 0.2) is 6.20 Å². The molecule has 1 fully saturated rings. The molecule has 0 aromatic carbocycles. The Hall–Kier alpha value is -0.940. The molecule has 1 saturated heterocycles. The van der Waals surface area contributed by atoms with Crippen LogP contribution in [0, 0.1) is 0 Å². The van der Waals surface area contributed by atoms with Crippen LogP contribution in [0.3, 0.4) is 0 Å². The van der Waals surface area contributed by atoms with Crippen LogP contribution in [0.1, 0.15) is 12.8 Å². The van der Waals surface area contributed by atoms with Crippen LogP contribution in [0.25, 0.3) is 0 Å². The first kappa shape index (κ1) is 9.61. The summed E-state index contributed by atoms with van der Waals surface area (Å²) in [5.41, 5.74) is 0. The number of rotatable bonds is 2. The summed E-state index contributed by atoms with van der Waals surface area (Å²) in [6.07, 6.45) is 3.36. The topological polar surface area (TPSA) is 57.1 Å². The van der Waals surface area contributed by atoms with Crippen molar-refractivity contribution in [3.05, 3.63) is 11.5 Å². The van der Waals surface area contributed by atoms with E-state index in [1.807, 2.05) is 0 Å². The predicted molar refractivity (Wildman–Crippen MR) is 49.3 cm³/mol. The van der Waals surface area contributed by atoms with E-state index in [0.29, 0.717) is 5.88 Å². The van der Waals surface area contributed by atoms with E-state index in [9.17, 15) is 0 Å². The average molecular weight is 216 g/mol. The van der Waals surface area contributed by atoms with Crippen molar-refractivity contribution in [1.29, 1.82) is 0 Å². The number of aromatic nitrogens is 3. The molecular weight excluding hydrogens is 206 g/mol. The van der Waals surface area contributed by atoms with E-state index < -0.39 is 0 Å². The summed E-state index contributed by atoms with van der Waals surface area (Å²) in [6, 6.07) is 0. The standard InChI is InChI=1S/C8H10ClN3O2/c9-8-11-7(5-10-12-8)14-6-1-3-13-4-2-6/h5-6H,1-4H2. The van der Waals surface area contributed by atoms with Crippen LogP contribution in [-0.4, -0.2) is 34.5 Å². The van der Waals surface area contributed by atoms with Gasteiger partial charge < -0.3 is 9.47 Å². The predicted octanol–water partition coefficient (Wildman–Crippen LogP) is 1.08. The summed E-state index contributed by atoms with van der Waals surface area (Å²) in [4.78, 5) is 3.90. The Morgan fingerprint density at radius 1 is 1.43 bits per heavy atom. The molecule has 6 heteroatoms. The van der Waals surface area contributed by atoms with Crippen molar-refractivity contribution in [2.24, 2.45) is 0 Å². The molecule has 1 aromatic heterocycles. The summed E-state index contributed by atoms with van der Waals surface area (Å²) in [5, 5.41) is 7.29. The summed E-state index contributed by atoms with van der Waals surface area (Å²) in [7, 11) is 0. The van der Waals surface area contributed by atoms with Crippen LogP contribution in [-0.2, 0) is 4.74 Å². The van der Waals surface area contributed by atoms with E-state index in [1.54, 1.807) is 0 Å². The molecule has 0 saturated carbocycles. The Morgan fingerprint density at radius 3 is 2.93 bits per heavy atom.